The number of nitrogen functional groups attached to an aromatic ring is 1. The molecule has 0 saturated carbocycles. The van der Waals surface area contributed by atoms with Crippen molar-refractivity contribution in [2.24, 2.45) is 0 Å². The highest BCUT2D eigenvalue weighted by Crippen LogP contribution is 2.28. The van der Waals surface area contributed by atoms with E-state index in [-0.39, 0.29) is 17.0 Å². The Kier molecular flexibility index (Phi) is 2.45. The fourth-order valence-electron chi connectivity index (χ4n) is 1.88. The van der Waals surface area contributed by atoms with E-state index >= 15 is 0 Å². The average Bonchev–Trinajstić information content (AvgIpc) is 2.76. The van der Waals surface area contributed by atoms with Crippen LogP contribution in [0.25, 0.3) is 22.4 Å². The third-order valence-corrected chi connectivity index (χ3v) is 2.83. The molecule has 96 valence electrons. The van der Waals surface area contributed by atoms with Crippen LogP contribution in [-0.2, 0) is 0 Å². The third kappa shape index (κ3) is 1.81. The summed E-state index contributed by atoms with van der Waals surface area (Å²) in [5.41, 5.74) is 6.46. The van der Waals surface area contributed by atoms with E-state index in [0.29, 0.717) is 11.1 Å². The molecule has 19 heavy (non-hydrogen) atoms. The van der Waals surface area contributed by atoms with Gasteiger partial charge in [0.25, 0.3) is 0 Å². The number of benzene rings is 2. The van der Waals surface area contributed by atoms with Gasteiger partial charge in [-0.2, -0.15) is 0 Å². The van der Waals surface area contributed by atoms with Crippen molar-refractivity contribution < 1.29 is 13.2 Å². The van der Waals surface area contributed by atoms with E-state index < -0.39 is 17.5 Å². The molecule has 3 N–H and O–H groups in total. The van der Waals surface area contributed by atoms with Crippen LogP contribution < -0.4 is 5.73 Å². The van der Waals surface area contributed by atoms with E-state index in [1.54, 1.807) is 6.07 Å². The molecule has 6 heteroatoms. The molecule has 0 amide bonds. The molecule has 0 spiro atoms. The largest absolute Gasteiger partial charge is 0.396 e. The molecule has 2 aromatic carbocycles. The quantitative estimate of drug-likeness (QED) is 0.662. The minimum absolute atomic E-state index is 0.0671. The Hall–Kier alpha value is -2.50. The summed E-state index contributed by atoms with van der Waals surface area (Å²) in [5.74, 6) is -2.28. The molecule has 0 unspecified atom stereocenters. The minimum Gasteiger partial charge on any atom is -0.396 e. The molecular formula is C13H8F3N3. The predicted molar refractivity (Wildman–Crippen MR) is 65.8 cm³/mol. The summed E-state index contributed by atoms with van der Waals surface area (Å²) in [6.07, 6.45) is 0. The highest BCUT2D eigenvalue weighted by atomic mass is 19.2. The first-order valence-electron chi connectivity index (χ1n) is 5.45. The van der Waals surface area contributed by atoms with Gasteiger partial charge in [0, 0.05) is 17.7 Å². The maximum atomic E-state index is 13.4. The monoisotopic (exact) mass is 263 g/mol. The van der Waals surface area contributed by atoms with Crippen LogP contribution in [0.2, 0.25) is 0 Å². The highest BCUT2D eigenvalue weighted by Gasteiger charge is 2.13. The Morgan fingerprint density at radius 1 is 1.00 bits per heavy atom. The first kappa shape index (κ1) is 11.6. The average molecular weight is 263 g/mol. The highest BCUT2D eigenvalue weighted by molar-refractivity contribution is 5.82. The minimum atomic E-state index is -0.988. The Balaban J connectivity index is 2.23. The molecule has 0 radical (unpaired) electrons. The van der Waals surface area contributed by atoms with Crippen LogP contribution in [-0.4, -0.2) is 9.97 Å². The zero-order chi connectivity index (χ0) is 13.6. The molecule has 0 aliphatic carbocycles. The predicted octanol–water partition coefficient (Wildman–Crippen LogP) is 3.23. The van der Waals surface area contributed by atoms with Crippen molar-refractivity contribution >= 4 is 16.7 Å². The molecule has 0 aliphatic rings. The van der Waals surface area contributed by atoms with Crippen LogP contribution >= 0.6 is 0 Å². The smallest absolute Gasteiger partial charge is 0.161 e. The maximum Gasteiger partial charge on any atom is 0.161 e. The third-order valence-electron chi connectivity index (χ3n) is 2.83. The summed E-state index contributed by atoms with van der Waals surface area (Å²) in [6.45, 7) is 0. The maximum absolute atomic E-state index is 13.4. The zero-order valence-corrected chi connectivity index (χ0v) is 9.55. The van der Waals surface area contributed by atoms with Crippen LogP contribution in [0, 0.1) is 17.5 Å². The van der Waals surface area contributed by atoms with Crippen molar-refractivity contribution in [1.29, 1.82) is 0 Å². The summed E-state index contributed by atoms with van der Waals surface area (Å²) in [4.78, 5) is 6.86. The van der Waals surface area contributed by atoms with Crippen LogP contribution in [0.3, 0.4) is 0 Å². The second-order valence-corrected chi connectivity index (χ2v) is 4.07. The van der Waals surface area contributed by atoms with Gasteiger partial charge in [-0.1, -0.05) is 6.07 Å². The number of aromatic nitrogens is 2. The molecular weight excluding hydrogens is 255 g/mol. The van der Waals surface area contributed by atoms with Crippen LogP contribution in [0.15, 0.2) is 30.3 Å². The SMILES string of the molecule is Nc1c(F)cccc1-c1nc2cc(F)c(F)cc2[nH]1. The van der Waals surface area contributed by atoms with Gasteiger partial charge in [-0.3, -0.25) is 0 Å². The number of para-hydroxylation sites is 1. The van der Waals surface area contributed by atoms with Gasteiger partial charge in [-0.05, 0) is 12.1 Å². The van der Waals surface area contributed by atoms with Gasteiger partial charge in [-0.15, -0.1) is 0 Å². The number of nitrogens with two attached hydrogens (primary N) is 1. The lowest BCUT2D eigenvalue weighted by Crippen LogP contribution is -1.94. The molecule has 0 aliphatic heterocycles. The van der Waals surface area contributed by atoms with E-state index in [4.69, 9.17) is 5.73 Å². The van der Waals surface area contributed by atoms with Crippen LogP contribution in [0.4, 0.5) is 18.9 Å². The van der Waals surface area contributed by atoms with Gasteiger partial charge >= 0.3 is 0 Å². The van der Waals surface area contributed by atoms with Crippen molar-refractivity contribution in [1.82, 2.24) is 9.97 Å². The summed E-state index contributed by atoms with van der Waals surface area (Å²) in [7, 11) is 0. The number of aromatic amines is 1. The second-order valence-electron chi connectivity index (χ2n) is 4.07. The number of imidazole rings is 1. The van der Waals surface area contributed by atoms with Crippen molar-refractivity contribution in [3.8, 4) is 11.4 Å². The number of nitrogens with zero attached hydrogens (tertiary/aromatic N) is 1. The van der Waals surface area contributed by atoms with Crippen molar-refractivity contribution in [3.05, 3.63) is 47.8 Å². The Bertz CT molecular complexity index is 741. The molecule has 3 nitrogen and oxygen atoms in total. The Morgan fingerprint density at radius 2 is 1.74 bits per heavy atom. The van der Waals surface area contributed by atoms with Crippen LogP contribution in [0.1, 0.15) is 0 Å². The standard InChI is InChI=1S/C13H8F3N3/c14-7-3-1-2-6(12(7)17)13-18-10-4-8(15)9(16)5-11(10)19-13/h1-5H,17H2,(H,18,19). The molecule has 3 aromatic rings. The number of halogens is 3. The number of anilines is 1. The number of hydrogen-bond donors (Lipinski definition) is 2. The van der Waals surface area contributed by atoms with Gasteiger partial charge in [0.2, 0.25) is 0 Å². The number of H-pyrrole nitrogens is 1. The van der Waals surface area contributed by atoms with Gasteiger partial charge < -0.3 is 10.7 Å². The molecule has 0 saturated heterocycles. The Morgan fingerprint density at radius 3 is 2.53 bits per heavy atom. The van der Waals surface area contributed by atoms with Gasteiger partial charge in [-0.25, -0.2) is 18.2 Å². The normalized spacial score (nSPS) is 11.1. The molecule has 0 bridgehead atoms. The molecule has 0 fully saturated rings. The van der Waals surface area contributed by atoms with Crippen LogP contribution in [0.5, 0.6) is 0 Å². The summed E-state index contributed by atoms with van der Waals surface area (Å²) in [5, 5.41) is 0. The van der Waals surface area contributed by atoms with Gasteiger partial charge in [0.05, 0.1) is 16.7 Å². The summed E-state index contributed by atoms with van der Waals surface area (Å²) >= 11 is 0. The number of rotatable bonds is 1. The van der Waals surface area contributed by atoms with Crippen molar-refractivity contribution in [3.63, 3.8) is 0 Å². The lowest BCUT2D eigenvalue weighted by Gasteiger charge is -2.02. The summed E-state index contributed by atoms with van der Waals surface area (Å²) in [6, 6.07) is 6.25. The number of hydrogen-bond acceptors (Lipinski definition) is 2. The first-order valence-corrected chi connectivity index (χ1v) is 5.45. The van der Waals surface area contributed by atoms with Crippen molar-refractivity contribution in [2.75, 3.05) is 5.73 Å². The molecule has 3 rings (SSSR count). The van der Waals surface area contributed by atoms with Crippen molar-refractivity contribution in [2.45, 2.75) is 0 Å². The van der Waals surface area contributed by atoms with E-state index in [9.17, 15) is 13.2 Å². The summed E-state index contributed by atoms with van der Waals surface area (Å²) < 4.78 is 39.5. The molecule has 1 aromatic heterocycles. The van der Waals surface area contributed by atoms with E-state index in [0.717, 1.165) is 12.1 Å². The van der Waals surface area contributed by atoms with E-state index in [2.05, 4.69) is 9.97 Å². The Labute approximate surface area is 105 Å². The molecule has 1 heterocycles. The lowest BCUT2D eigenvalue weighted by atomic mass is 10.1. The second kappa shape index (κ2) is 4.01. The topological polar surface area (TPSA) is 54.7 Å². The van der Waals surface area contributed by atoms with E-state index in [1.807, 2.05) is 0 Å². The van der Waals surface area contributed by atoms with Gasteiger partial charge in [0.1, 0.15) is 11.6 Å². The fraction of sp³-hybridized carbons (Fsp3) is 0. The fourth-order valence-corrected chi connectivity index (χ4v) is 1.88. The number of fused-ring (bicyclic) bond motifs is 1. The number of nitrogens with one attached hydrogen (secondary N) is 1. The lowest BCUT2D eigenvalue weighted by molar-refractivity contribution is 0.510. The van der Waals surface area contributed by atoms with Gasteiger partial charge in [0.15, 0.2) is 11.6 Å². The van der Waals surface area contributed by atoms with E-state index in [1.165, 1.54) is 12.1 Å². The zero-order valence-electron chi connectivity index (χ0n) is 9.55. The molecule has 0 atom stereocenters. The first-order chi connectivity index (χ1) is 9.06.